The van der Waals surface area contributed by atoms with E-state index in [9.17, 15) is 0 Å². The second-order valence-corrected chi connectivity index (χ2v) is 5.83. The number of piperidine rings is 1. The van der Waals surface area contributed by atoms with E-state index in [2.05, 4.69) is 53.3 Å². The molecule has 1 aliphatic heterocycles. The highest BCUT2D eigenvalue weighted by atomic mass is 15.3. The molecule has 4 nitrogen and oxygen atoms in total. The fourth-order valence-electron chi connectivity index (χ4n) is 3.14. The molecule has 1 saturated heterocycles. The van der Waals surface area contributed by atoms with Crippen molar-refractivity contribution in [3.05, 3.63) is 42.1 Å². The predicted octanol–water partition coefficient (Wildman–Crippen LogP) is 3.03. The van der Waals surface area contributed by atoms with E-state index in [1.165, 1.54) is 0 Å². The molecule has 1 aliphatic rings. The van der Waals surface area contributed by atoms with Crippen LogP contribution < -0.4 is 10.2 Å². The van der Waals surface area contributed by atoms with Crippen LogP contribution in [0.15, 0.2) is 36.5 Å². The Morgan fingerprint density at radius 3 is 2.59 bits per heavy atom. The van der Waals surface area contributed by atoms with Crippen molar-refractivity contribution in [2.24, 2.45) is 0 Å². The highest BCUT2D eigenvalue weighted by molar-refractivity contribution is 5.63. The smallest absolute Gasteiger partial charge is 0.226 e. The van der Waals surface area contributed by atoms with Crippen LogP contribution in [0.1, 0.15) is 25.3 Å². The van der Waals surface area contributed by atoms with Gasteiger partial charge < -0.3 is 10.2 Å². The van der Waals surface area contributed by atoms with Gasteiger partial charge in [-0.2, -0.15) is 0 Å². The molecule has 0 aliphatic carbocycles. The van der Waals surface area contributed by atoms with Crippen LogP contribution >= 0.6 is 0 Å². The Bertz CT molecular complexity index is 606. The predicted molar refractivity (Wildman–Crippen MR) is 91.1 cm³/mol. The van der Waals surface area contributed by atoms with Crippen LogP contribution in [0.5, 0.6) is 0 Å². The standard InChI is InChI=1S/C18H24N4/c1-3-22(16-9-11-19-12-10-16)18-20-13-14(2)17(21-18)15-7-5-4-6-8-15/h4-8,13,16,19H,3,9-12H2,1-2H3. The normalized spacial score (nSPS) is 15.7. The number of hydrogen-bond acceptors (Lipinski definition) is 4. The van der Waals surface area contributed by atoms with Crippen molar-refractivity contribution in [2.45, 2.75) is 32.7 Å². The lowest BCUT2D eigenvalue weighted by Gasteiger charge is -2.34. The largest absolute Gasteiger partial charge is 0.338 e. The Hall–Kier alpha value is -1.94. The molecule has 0 amide bonds. The molecular formula is C18H24N4. The van der Waals surface area contributed by atoms with Crippen molar-refractivity contribution < 1.29 is 0 Å². The van der Waals surface area contributed by atoms with E-state index in [1.807, 2.05) is 12.3 Å². The van der Waals surface area contributed by atoms with Gasteiger partial charge in [0.05, 0.1) is 5.69 Å². The van der Waals surface area contributed by atoms with E-state index < -0.39 is 0 Å². The van der Waals surface area contributed by atoms with E-state index in [-0.39, 0.29) is 0 Å². The Balaban J connectivity index is 1.93. The van der Waals surface area contributed by atoms with Crippen molar-refractivity contribution in [3.63, 3.8) is 0 Å². The van der Waals surface area contributed by atoms with Gasteiger partial charge in [-0.05, 0) is 45.3 Å². The zero-order valence-corrected chi connectivity index (χ0v) is 13.4. The van der Waals surface area contributed by atoms with Crippen molar-refractivity contribution in [1.82, 2.24) is 15.3 Å². The van der Waals surface area contributed by atoms with Gasteiger partial charge in [-0.1, -0.05) is 30.3 Å². The molecule has 0 radical (unpaired) electrons. The molecule has 1 aromatic heterocycles. The molecule has 0 atom stereocenters. The van der Waals surface area contributed by atoms with Gasteiger partial charge in [0.25, 0.3) is 0 Å². The van der Waals surface area contributed by atoms with E-state index in [0.717, 1.165) is 55.2 Å². The summed E-state index contributed by atoms with van der Waals surface area (Å²) in [6.07, 6.45) is 4.27. The minimum absolute atomic E-state index is 0.539. The van der Waals surface area contributed by atoms with Crippen LogP contribution in [-0.2, 0) is 0 Å². The first-order chi connectivity index (χ1) is 10.8. The highest BCUT2D eigenvalue weighted by Gasteiger charge is 2.22. The van der Waals surface area contributed by atoms with Gasteiger partial charge in [0.15, 0.2) is 0 Å². The number of hydrogen-bond donors (Lipinski definition) is 1. The first-order valence-electron chi connectivity index (χ1n) is 8.16. The lowest BCUT2D eigenvalue weighted by atomic mass is 10.1. The van der Waals surface area contributed by atoms with E-state index >= 15 is 0 Å². The highest BCUT2D eigenvalue weighted by Crippen LogP contribution is 2.24. The minimum atomic E-state index is 0.539. The van der Waals surface area contributed by atoms with Gasteiger partial charge in [0.2, 0.25) is 5.95 Å². The van der Waals surface area contributed by atoms with E-state index in [0.29, 0.717) is 6.04 Å². The molecule has 2 heterocycles. The Morgan fingerprint density at radius 1 is 1.18 bits per heavy atom. The summed E-state index contributed by atoms with van der Waals surface area (Å²) in [7, 11) is 0. The van der Waals surface area contributed by atoms with Crippen molar-refractivity contribution in [1.29, 1.82) is 0 Å². The molecule has 0 unspecified atom stereocenters. The Kier molecular flexibility index (Phi) is 4.68. The fourth-order valence-corrected chi connectivity index (χ4v) is 3.14. The summed E-state index contributed by atoms with van der Waals surface area (Å²) in [5.74, 6) is 0.860. The number of benzene rings is 1. The molecule has 0 spiro atoms. The monoisotopic (exact) mass is 296 g/mol. The van der Waals surface area contributed by atoms with Crippen LogP contribution in [0.2, 0.25) is 0 Å². The fraction of sp³-hybridized carbons (Fsp3) is 0.444. The van der Waals surface area contributed by atoms with Crippen molar-refractivity contribution in [2.75, 3.05) is 24.5 Å². The molecule has 4 heteroatoms. The number of aromatic nitrogens is 2. The van der Waals surface area contributed by atoms with Crippen LogP contribution in [0.25, 0.3) is 11.3 Å². The van der Waals surface area contributed by atoms with Crippen molar-refractivity contribution >= 4 is 5.95 Å². The maximum absolute atomic E-state index is 4.88. The molecule has 0 bridgehead atoms. The molecule has 116 valence electrons. The average Bonchev–Trinajstić information content (AvgIpc) is 2.59. The van der Waals surface area contributed by atoms with Gasteiger partial charge in [0.1, 0.15) is 0 Å². The molecule has 0 saturated carbocycles. The second kappa shape index (κ2) is 6.88. The van der Waals surface area contributed by atoms with Gasteiger partial charge in [0, 0.05) is 24.3 Å². The SMILES string of the molecule is CCN(c1ncc(C)c(-c2ccccc2)n1)C1CCNCC1. The number of nitrogens with zero attached hydrogens (tertiary/aromatic N) is 3. The third kappa shape index (κ3) is 3.12. The van der Waals surface area contributed by atoms with Crippen molar-refractivity contribution in [3.8, 4) is 11.3 Å². The minimum Gasteiger partial charge on any atom is -0.338 e. The van der Waals surface area contributed by atoms with Gasteiger partial charge >= 0.3 is 0 Å². The third-order valence-corrected chi connectivity index (χ3v) is 4.35. The summed E-state index contributed by atoms with van der Waals surface area (Å²) in [5, 5.41) is 3.42. The quantitative estimate of drug-likeness (QED) is 0.941. The van der Waals surface area contributed by atoms with E-state index in [4.69, 9.17) is 4.98 Å². The number of nitrogens with one attached hydrogen (secondary N) is 1. The summed E-state index contributed by atoms with van der Waals surface area (Å²) in [5.41, 5.74) is 3.32. The van der Waals surface area contributed by atoms with Crippen LogP contribution in [-0.4, -0.2) is 35.6 Å². The maximum atomic E-state index is 4.88. The van der Waals surface area contributed by atoms with Gasteiger partial charge in [-0.3, -0.25) is 0 Å². The summed E-state index contributed by atoms with van der Waals surface area (Å²) in [6, 6.07) is 10.9. The summed E-state index contributed by atoms with van der Waals surface area (Å²) < 4.78 is 0. The zero-order valence-electron chi connectivity index (χ0n) is 13.4. The lowest BCUT2D eigenvalue weighted by Crippen LogP contribution is -2.44. The molecule has 1 N–H and O–H groups in total. The molecular weight excluding hydrogens is 272 g/mol. The maximum Gasteiger partial charge on any atom is 0.226 e. The molecule has 3 rings (SSSR count). The topological polar surface area (TPSA) is 41.1 Å². The summed E-state index contributed by atoms with van der Waals surface area (Å²) in [4.78, 5) is 11.8. The molecule has 1 aromatic carbocycles. The molecule has 1 fully saturated rings. The summed E-state index contributed by atoms with van der Waals surface area (Å²) in [6.45, 7) is 7.37. The Labute approximate surface area is 132 Å². The first-order valence-corrected chi connectivity index (χ1v) is 8.16. The number of anilines is 1. The van der Waals surface area contributed by atoms with Gasteiger partial charge in [-0.15, -0.1) is 0 Å². The van der Waals surface area contributed by atoms with Crippen LogP contribution in [0, 0.1) is 6.92 Å². The number of rotatable bonds is 4. The second-order valence-electron chi connectivity index (χ2n) is 5.83. The van der Waals surface area contributed by atoms with Gasteiger partial charge in [-0.25, -0.2) is 9.97 Å². The van der Waals surface area contributed by atoms with E-state index in [1.54, 1.807) is 0 Å². The molecule has 2 aromatic rings. The zero-order chi connectivity index (χ0) is 15.4. The lowest BCUT2D eigenvalue weighted by molar-refractivity contribution is 0.429. The first kappa shape index (κ1) is 15.0. The molecule has 22 heavy (non-hydrogen) atoms. The Morgan fingerprint density at radius 2 is 1.91 bits per heavy atom. The average molecular weight is 296 g/mol. The number of aryl methyl sites for hydroxylation is 1. The third-order valence-electron chi connectivity index (χ3n) is 4.35. The van der Waals surface area contributed by atoms with Crippen LogP contribution in [0.3, 0.4) is 0 Å². The summed E-state index contributed by atoms with van der Waals surface area (Å²) >= 11 is 0. The van der Waals surface area contributed by atoms with Crippen LogP contribution in [0.4, 0.5) is 5.95 Å².